The van der Waals surface area contributed by atoms with Gasteiger partial charge in [-0.1, -0.05) is 60.1 Å². The van der Waals surface area contributed by atoms with E-state index in [1.165, 1.54) is 37.1 Å². The third-order valence-electron chi connectivity index (χ3n) is 10.1. The number of ether oxygens (including phenoxy) is 3. The van der Waals surface area contributed by atoms with E-state index in [4.69, 9.17) is 25.8 Å². The molecule has 51 heavy (non-hydrogen) atoms. The second-order valence-electron chi connectivity index (χ2n) is 13.8. The quantitative estimate of drug-likeness (QED) is 0.0812. The van der Waals surface area contributed by atoms with Gasteiger partial charge in [-0.3, -0.25) is 0 Å². The van der Waals surface area contributed by atoms with Crippen molar-refractivity contribution in [3.8, 4) is 28.4 Å². The van der Waals surface area contributed by atoms with Crippen LogP contribution in [0.15, 0.2) is 66.7 Å². The summed E-state index contributed by atoms with van der Waals surface area (Å²) in [5.74, 6) is 1.93. The largest absolute Gasteiger partial charge is 0.493 e. The van der Waals surface area contributed by atoms with E-state index in [-0.39, 0.29) is 6.54 Å². The van der Waals surface area contributed by atoms with E-state index in [0.717, 1.165) is 52.1 Å². The van der Waals surface area contributed by atoms with Crippen molar-refractivity contribution in [2.75, 3.05) is 46.1 Å². The normalized spacial score (nSPS) is 13.5. The van der Waals surface area contributed by atoms with Gasteiger partial charge in [0, 0.05) is 24.7 Å². The number of nitrogens with zero attached hydrogens (tertiary/aromatic N) is 1. The molecule has 274 valence electrons. The van der Waals surface area contributed by atoms with Crippen LogP contribution in [-0.4, -0.2) is 71.8 Å². The summed E-state index contributed by atoms with van der Waals surface area (Å²) in [6.45, 7) is 12.0. The average molecular weight is 717 g/mol. The van der Waals surface area contributed by atoms with Crippen molar-refractivity contribution in [2.45, 2.75) is 72.3 Å². The summed E-state index contributed by atoms with van der Waals surface area (Å²) in [6, 6.07) is 22.3. The fourth-order valence-electron chi connectivity index (χ4n) is 6.44. The molecule has 4 aromatic carbocycles. The van der Waals surface area contributed by atoms with Gasteiger partial charge in [0.1, 0.15) is 30.5 Å². The van der Waals surface area contributed by atoms with Crippen LogP contribution in [0.5, 0.6) is 17.2 Å². The maximum absolute atomic E-state index is 9.85. The van der Waals surface area contributed by atoms with Crippen LogP contribution in [0.2, 0.25) is 5.02 Å². The summed E-state index contributed by atoms with van der Waals surface area (Å²) in [6.07, 6.45) is 3.62. The van der Waals surface area contributed by atoms with Crippen molar-refractivity contribution in [2.24, 2.45) is 0 Å². The van der Waals surface area contributed by atoms with Crippen molar-refractivity contribution in [3.05, 3.63) is 111 Å². The molecule has 0 bridgehead atoms. The minimum absolute atomic E-state index is 0.186. The summed E-state index contributed by atoms with van der Waals surface area (Å²) >= 11 is 6.80. The van der Waals surface area contributed by atoms with Gasteiger partial charge in [-0.05, 0) is 117 Å². The molecule has 1 fully saturated rings. The topological polar surface area (TPSA) is 104 Å². The highest BCUT2D eigenvalue weighted by atomic mass is 35.5. The molecule has 1 aliphatic rings. The summed E-state index contributed by atoms with van der Waals surface area (Å²) in [5, 5.41) is 33.0. The van der Waals surface area contributed by atoms with E-state index >= 15 is 0 Å². The lowest BCUT2D eigenvalue weighted by Gasteiger charge is -2.29. The lowest BCUT2D eigenvalue weighted by molar-refractivity contribution is 0.0412. The Morgan fingerprint density at radius 3 is 2.10 bits per heavy atom. The molecule has 1 saturated heterocycles. The van der Waals surface area contributed by atoms with Gasteiger partial charge < -0.3 is 39.7 Å². The van der Waals surface area contributed by atoms with E-state index in [9.17, 15) is 15.3 Å². The molecular formula is C42H53ClN2O6. The Balaban J connectivity index is 1.33. The number of halogens is 1. The number of benzene rings is 4. The molecule has 9 heteroatoms. The van der Waals surface area contributed by atoms with Gasteiger partial charge in [0.15, 0.2) is 0 Å². The Kier molecular flexibility index (Phi) is 13.8. The van der Waals surface area contributed by atoms with Crippen molar-refractivity contribution in [1.82, 2.24) is 10.2 Å². The van der Waals surface area contributed by atoms with E-state index in [1.54, 1.807) is 12.1 Å². The van der Waals surface area contributed by atoms with Crippen molar-refractivity contribution in [1.29, 1.82) is 0 Å². The standard InChI is InChI=1S/C42H53ClN2O6/c1-29-14-15-33(20-30(29)2)24-50-40-22-41(38(43)21-35(40)23-44-42(26-46,27-47)28-48)51-25-34-10-7-11-36(31(34)3)37-12-8-13-39(32(37)4)49-19-9-18-45-16-5-6-17-45/h7-8,10-15,20-22,44,46-48H,5-6,9,16-19,23-28H2,1-4H3. The first-order chi connectivity index (χ1) is 24.7. The summed E-state index contributed by atoms with van der Waals surface area (Å²) in [7, 11) is 0. The fraction of sp³-hybridized carbons (Fsp3) is 0.429. The number of hydrogen-bond donors (Lipinski definition) is 4. The van der Waals surface area contributed by atoms with Gasteiger partial charge in [0.05, 0.1) is 37.0 Å². The highest BCUT2D eigenvalue weighted by molar-refractivity contribution is 6.32. The Bertz CT molecular complexity index is 1740. The Labute approximate surface area is 308 Å². The van der Waals surface area contributed by atoms with Gasteiger partial charge in [0.2, 0.25) is 0 Å². The maximum Gasteiger partial charge on any atom is 0.142 e. The first-order valence-corrected chi connectivity index (χ1v) is 18.3. The molecule has 4 N–H and O–H groups in total. The zero-order valence-electron chi connectivity index (χ0n) is 30.4. The SMILES string of the molecule is Cc1ccc(COc2cc(OCc3cccc(-c4cccc(OCCCN5CCCC5)c4C)c3C)c(Cl)cc2CNC(CO)(CO)CO)cc1C. The molecule has 4 aromatic rings. The van der Waals surface area contributed by atoms with Gasteiger partial charge in [-0.15, -0.1) is 0 Å². The fourth-order valence-corrected chi connectivity index (χ4v) is 6.68. The minimum atomic E-state index is -1.26. The maximum atomic E-state index is 9.85. The number of hydrogen-bond acceptors (Lipinski definition) is 8. The summed E-state index contributed by atoms with van der Waals surface area (Å²) in [5.41, 5.74) is 8.36. The predicted octanol–water partition coefficient (Wildman–Crippen LogP) is 7.07. The second kappa shape index (κ2) is 18.2. The monoisotopic (exact) mass is 716 g/mol. The third-order valence-corrected chi connectivity index (χ3v) is 10.4. The molecule has 8 nitrogen and oxygen atoms in total. The summed E-state index contributed by atoms with van der Waals surface area (Å²) < 4.78 is 19.0. The van der Waals surface area contributed by atoms with Gasteiger partial charge >= 0.3 is 0 Å². The van der Waals surface area contributed by atoms with Crippen molar-refractivity contribution in [3.63, 3.8) is 0 Å². The average Bonchev–Trinajstić information content (AvgIpc) is 3.66. The molecule has 0 amide bonds. The zero-order chi connectivity index (χ0) is 36.4. The van der Waals surface area contributed by atoms with Crippen molar-refractivity contribution >= 4 is 11.6 Å². The van der Waals surface area contributed by atoms with Crippen LogP contribution < -0.4 is 19.5 Å². The molecule has 1 aliphatic heterocycles. The summed E-state index contributed by atoms with van der Waals surface area (Å²) in [4.78, 5) is 2.52. The Hall–Kier alpha value is -3.63. The molecule has 0 aromatic heterocycles. The van der Waals surface area contributed by atoms with E-state index in [1.807, 2.05) is 12.1 Å². The molecule has 0 saturated carbocycles. The molecule has 1 heterocycles. The Morgan fingerprint density at radius 2 is 1.39 bits per heavy atom. The lowest BCUT2D eigenvalue weighted by Crippen LogP contribution is -2.54. The highest BCUT2D eigenvalue weighted by Gasteiger charge is 2.28. The number of aliphatic hydroxyl groups is 3. The van der Waals surface area contributed by atoms with Crippen LogP contribution in [0.4, 0.5) is 0 Å². The molecular weight excluding hydrogens is 664 g/mol. The first kappa shape index (κ1) is 38.6. The zero-order valence-corrected chi connectivity index (χ0v) is 31.2. The highest BCUT2D eigenvalue weighted by Crippen LogP contribution is 2.36. The van der Waals surface area contributed by atoms with Gasteiger partial charge in [-0.2, -0.15) is 0 Å². The number of likely N-dealkylation sites (tertiary alicyclic amines) is 1. The molecule has 0 unspecified atom stereocenters. The van der Waals surface area contributed by atoms with E-state index in [2.05, 4.69) is 80.4 Å². The lowest BCUT2D eigenvalue weighted by atomic mass is 9.93. The van der Waals surface area contributed by atoms with E-state index in [0.29, 0.717) is 41.9 Å². The molecule has 0 aliphatic carbocycles. The van der Waals surface area contributed by atoms with Crippen molar-refractivity contribution < 1.29 is 29.5 Å². The number of nitrogens with one attached hydrogen (secondary N) is 1. The molecule has 0 radical (unpaired) electrons. The third kappa shape index (κ3) is 9.83. The minimum Gasteiger partial charge on any atom is -0.493 e. The molecule has 0 atom stereocenters. The number of rotatable bonds is 18. The van der Waals surface area contributed by atoms with E-state index < -0.39 is 25.4 Å². The van der Waals surface area contributed by atoms with Crippen LogP contribution in [0.25, 0.3) is 11.1 Å². The van der Waals surface area contributed by atoms with Gasteiger partial charge in [0.25, 0.3) is 0 Å². The first-order valence-electron chi connectivity index (χ1n) is 17.9. The van der Waals surface area contributed by atoms with Crippen LogP contribution in [0, 0.1) is 27.7 Å². The van der Waals surface area contributed by atoms with Crippen LogP contribution in [-0.2, 0) is 19.8 Å². The molecule has 5 rings (SSSR count). The Morgan fingerprint density at radius 1 is 0.706 bits per heavy atom. The second-order valence-corrected chi connectivity index (χ2v) is 14.2. The molecule has 0 spiro atoms. The predicted molar refractivity (Wildman–Crippen MR) is 204 cm³/mol. The van der Waals surface area contributed by atoms with Crippen LogP contribution in [0.1, 0.15) is 58.2 Å². The number of aliphatic hydroxyl groups excluding tert-OH is 3. The van der Waals surface area contributed by atoms with Crippen LogP contribution >= 0.6 is 11.6 Å². The van der Waals surface area contributed by atoms with Gasteiger partial charge in [-0.25, -0.2) is 0 Å². The van der Waals surface area contributed by atoms with Crippen LogP contribution in [0.3, 0.4) is 0 Å². The number of aryl methyl sites for hydroxylation is 2. The smallest absolute Gasteiger partial charge is 0.142 e.